The molecule has 129 valence electrons. The summed E-state index contributed by atoms with van der Waals surface area (Å²) in [5.41, 5.74) is 0. The van der Waals surface area contributed by atoms with Crippen molar-refractivity contribution >= 4 is 23.0 Å². The van der Waals surface area contributed by atoms with Crippen LogP contribution in [0.5, 0.6) is 0 Å². The number of hydrogen-bond acceptors (Lipinski definition) is 0. The second-order valence-corrected chi connectivity index (χ2v) is 7.46. The quantitative estimate of drug-likeness (QED) is 0.482. The van der Waals surface area contributed by atoms with Crippen molar-refractivity contribution in [3.05, 3.63) is 96.2 Å². The van der Waals surface area contributed by atoms with Gasteiger partial charge in [-0.3, -0.25) is 0 Å². The summed E-state index contributed by atoms with van der Waals surface area (Å²) in [7, 11) is -2.53. The molecule has 0 N–H and O–H groups in total. The maximum atomic E-state index is 11.5. The first-order valence-corrected chi connectivity index (χ1v) is 8.34. The fourth-order valence-electron chi connectivity index (χ4n) is 2.38. The molecule has 1 radical (unpaired) electrons. The summed E-state index contributed by atoms with van der Waals surface area (Å²) in [4.78, 5) is 0. The van der Waals surface area contributed by atoms with E-state index in [2.05, 4.69) is 0 Å². The third kappa shape index (κ3) is 4.72. The first-order chi connectivity index (χ1) is 9.82. The van der Waals surface area contributed by atoms with Gasteiger partial charge in [-0.05, 0) is 15.9 Å². The number of benzene rings is 3. The summed E-state index contributed by atoms with van der Waals surface area (Å²) in [6, 6.07) is 29.8. The zero-order chi connectivity index (χ0) is 13.8. The third-order valence-electron chi connectivity index (χ3n) is 3.39. The van der Waals surface area contributed by atoms with Gasteiger partial charge in [0.25, 0.3) is 0 Å². The van der Waals surface area contributed by atoms with Crippen molar-refractivity contribution in [2.45, 2.75) is 0 Å². The van der Waals surface area contributed by atoms with E-state index in [4.69, 9.17) is 0 Å². The van der Waals surface area contributed by atoms with Crippen molar-refractivity contribution in [2.75, 3.05) is 0 Å². The predicted molar refractivity (Wildman–Crippen MR) is 90.6 cm³/mol. The van der Waals surface area contributed by atoms with Gasteiger partial charge in [0.1, 0.15) is 0 Å². The van der Waals surface area contributed by atoms with Crippen LogP contribution in [0, 0.1) is 0 Å². The normalized spacial score (nSPS) is 9.33. The Morgan fingerprint density at radius 2 is 0.667 bits per heavy atom. The van der Waals surface area contributed by atoms with Crippen LogP contribution in [0.3, 0.4) is 0 Å². The number of rotatable bonds is 3. The molecule has 4 nitrogen and oxygen atoms in total. The van der Waals surface area contributed by atoms with Crippen LogP contribution in [0.4, 0.5) is 0 Å². The Balaban J connectivity index is 0. The molecular formula is C18H15NO3PRe-7. The van der Waals surface area contributed by atoms with Crippen LogP contribution in [0.2, 0.25) is 0 Å². The molecule has 0 aliphatic heterocycles. The van der Waals surface area contributed by atoms with E-state index in [1.807, 2.05) is 91.0 Å². The maximum Gasteiger partial charge on any atom is 0 e. The van der Waals surface area contributed by atoms with E-state index >= 15 is 0 Å². The maximum absolute atomic E-state index is 11.5. The van der Waals surface area contributed by atoms with E-state index in [1.54, 1.807) is 0 Å². The smallest absolute Gasteiger partial charge is 0 e. The van der Waals surface area contributed by atoms with Crippen LogP contribution in [0.25, 0.3) is 5.16 Å². The van der Waals surface area contributed by atoms with Gasteiger partial charge in [-0.2, -0.15) is 0 Å². The average molecular weight is 511 g/mol. The Hall–Kier alpha value is -1.57. The van der Waals surface area contributed by atoms with E-state index in [-0.39, 0.29) is 36.9 Å². The molecule has 0 aliphatic rings. The molecule has 0 aromatic heterocycles. The van der Waals surface area contributed by atoms with Crippen molar-refractivity contribution in [1.29, 1.82) is 0 Å². The van der Waals surface area contributed by atoms with Crippen LogP contribution in [0.15, 0.2) is 91.0 Å². The third-order valence-corrected chi connectivity index (χ3v) is 6.53. The molecule has 0 aliphatic carbocycles. The molecule has 3 aromatic carbocycles. The first kappa shape index (κ1) is 24.7. The predicted octanol–water partition coefficient (Wildman–Crippen LogP) is 3.37. The van der Waals surface area contributed by atoms with Crippen LogP contribution in [-0.2, 0) is 36.9 Å². The fourth-order valence-corrected chi connectivity index (χ4v) is 5.08. The van der Waals surface area contributed by atoms with Crippen molar-refractivity contribution < 1.29 is 36.9 Å². The molecule has 0 fully saturated rings. The molecular weight excluding hydrogens is 495 g/mol. The number of nitrogens with zero attached hydrogens (tertiary/aromatic N) is 1. The van der Waals surface area contributed by atoms with E-state index in [1.165, 1.54) is 0 Å². The molecule has 0 saturated carbocycles. The van der Waals surface area contributed by atoms with Gasteiger partial charge in [0.15, 0.2) is 0 Å². The second kappa shape index (κ2) is 11.1. The summed E-state index contributed by atoms with van der Waals surface area (Å²) in [6.45, 7) is 0. The molecule has 6 heteroatoms. The Morgan fingerprint density at radius 1 is 0.458 bits per heavy atom. The molecule has 0 bridgehead atoms. The zero-order valence-electron chi connectivity index (χ0n) is 12.7. The van der Waals surface area contributed by atoms with E-state index < -0.39 is 7.05 Å². The van der Waals surface area contributed by atoms with Crippen molar-refractivity contribution in [3.63, 3.8) is 0 Å². The van der Waals surface area contributed by atoms with E-state index in [9.17, 15) is 5.16 Å². The minimum Gasteiger partial charge on any atom is -2.00 e. The van der Waals surface area contributed by atoms with E-state index in [0.717, 1.165) is 15.9 Å². The van der Waals surface area contributed by atoms with Gasteiger partial charge in [-0.1, -0.05) is 91.0 Å². The standard InChI is InChI=1S/C18H15NP.3O.Re/c19-20(16-10-4-1-5-11-16,17-12-6-2-7-13-17)18-14-8-3-9-15-18;;;;/h1-15H;;;;/q-1;3*-2;. The number of hydrogen-bond donors (Lipinski definition) is 0. The van der Waals surface area contributed by atoms with Crippen LogP contribution < -0.4 is 15.9 Å². The van der Waals surface area contributed by atoms with Crippen molar-refractivity contribution in [2.24, 2.45) is 0 Å². The minimum atomic E-state index is -2.53. The topological polar surface area (TPSA) is 108 Å². The molecule has 0 atom stereocenters. The summed E-state index contributed by atoms with van der Waals surface area (Å²) in [6.07, 6.45) is 0. The van der Waals surface area contributed by atoms with Gasteiger partial charge in [-0.15, -0.1) is 7.05 Å². The summed E-state index contributed by atoms with van der Waals surface area (Å²) >= 11 is 0. The molecule has 0 amide bonds. The molecule has 0 heterocycles. The summed E-state index contributed by atoms with van der Waals surface area (Å²) in [5, 5.41) is 14.5. The zero-order valence-corrected chi connectivity index (χ0v) is 16.3. The Morgan fingerprint density at radius 3 is 0.875 bits per heavy atom. The van der Waals surface area contributed by atoms with E-state index in [0.29, 0.717) is 0 Å². The summed E-state index contributed by atoms with van der Waals surface area (Å²) in [5.74, 6) is 0. The molecule has 0 saturated heterocycles. The van der Waals surface area contributed by atoms with Gasteiger partial charge in [-0.25, -0.2) is 0 Å². The SMILES string of the molecule is [N-]=P(c1ccccc1)(c1ccccc1)c1ccccc1.[O-2].[O-2].[O-2].[Re]. The Bertz CT molecular complexity index is 637. The first-order valence-electron chi connectivity index (χ1n) is 6.60. The molecule has 3 rings (SSSR count). The van der Waals surface area contributed by atoms with Crippen LogP contribution >= 0.6 is 7.05 Å². The second-order valence-electron chi connectivity index (χ2n) is 4.64. The Kier molecular flexibility index (Phi) is 11.4. The van der Waals surface area contributed by atoms with Crippen molar-refractivity contribution in [1.82, 2.24) is 0 Å². The molecule has 24 heavy (non-hydrogen) atoms. The molecule has 0 unspecified atom stereocenters. The van der Waals surface area contributed by atoms with Crippen LogP contribution in [-0.4, -0.2) is 0 Å². The Labute approximate surface area is 156 Å². The fraction of sp³-hybridized carbons (Fsp3) is 0. The van der Waals surface area contributed by atoms with Gasteiger partial charge in [0.2, 0.25) is 0 Å². The average Bonchev–Trinajstić information content (AvgIpc) is 2.56. The molecule has 0 spiro atoms. The summed E-state index contributed by atoms with van der Waals surface area (Å²) < 4.78 is 0. The molecule has 3 aromatic rings. The van der Waals surface area contributed by atoms with Crippen molar-refractivity contribution in [3.8, 4) is 0 Å². The van der Waals surface area contributed by atoms with Gasteiger partial charge >= 0.3 is 0 Å². The van der Waals surface area contributed by atoms with Gasteiger partial charge < -0.3 is 21.6 Å². The monoisotopic (exact) mass is 511 g/mol. The van der Waals surface area contributed by atoms with Gasteiger partial charge in [0.05, 0.1) is 0 Å². The van der Waals surface area contributed by atoms with Gasteiger partial charge in [0, 0.05) is 20.4 Å². The van der Waals surface area contributed by atoms with Crippen LogP contribution in [0.1, 0.15) is 0 Å². The minimum absolute atomic E-state index is 0. The largest absolute Gasteiger partial charge is 2.00 e.